The van der Waals surface area contributed by atoms with Crippen molar-refractivity contribution in [2.75, 3.05) is 85.0 Å². The van der Waals surface area contributed by atoms with Gasteiger partial charge in [-0.25, -0.2) is 19.4 Å². The van der Waals surface area contributed by atoms with Gasteiger partial charge in [0.05, 0.1) is 87.9 Å². The first kappa shape index (κ1) is 65.7. The van der Waals surface area contributed by atoms with Crippen molar-refractivity contribution in [3.63, 3.8) is 0 Å². The molecule has 6 aliphatic rings. The Labute approximate surface area is 536 Å². The molecule has 23 nitrogen and oxygen atoms in total. The molecule has 0 radical (unpaired) electrons. The number of anilines is 1. The number of nitrogens with zero attached hydrogens (tertiary/aromatic N) is 7. The van der Waals surface area contributed by atoms with E-state index in [9.17, 15) is 36.0 Å². The van der Waals surface area contributed by atoms with Crippen molar-refractivity contribution < 1.29 is 68.4 Å². The van der Waals surface area contributed by atoms with E-state index in [-0.39, 0.29) is 74.2 Å². The Morgan fingerprint density at radius 1 is 0.527 bits per heavy atom. The van der Waals surface area contributed by atoms with Gasteiger partial charge < -0.3 is 52.5 Å². The Morgan fingerprint density at radius 3 is 1.33 bits per heavy atom. The van der Waals surface area contributed by atoms with Crippen LogP contribution in [0.25, 0.3) is 33.8 Å². The second kappa shape index (κ2) is 29.4. The second-order valence-corrected chi connectivity index (χ2v) is 23.4. The Hall–Kier alpha value is -8.80. The van der Waals surface area contributed by atoms with Crippen LogP contribution in [0.2, 0.25) is 0 Å². The van der Waals surface area contributed by atoms with Crippen LogP contribution in [-0.4, -0.2) is 146 Å². The molecule has 488 valence electrons. The monoisotopic (exact) mass is 1320 g/mol. The van der Waals surface area contributed by atoms with E-state index in [1.807, 2.05) is 72.8 Å². The number of hydrogen-bond donors (Lipinski definition) is 1. The van der Waals surface area contributed by atoms with Gasteiger partial charge in [-0.15, -0.1) is 12.4 Å². The van der Waals surface area contributed by atoms with Crippen molar-refractivity contribution in [2.24, 2.45) is 4.99 Å². The molecule has 0 spiro atoms. The molecular formula is C65H64ClF3N8O15S. The summed E-state index contributed by atoms with van der Waals surface area (Å²) in [5, 5.41) is 0. The van der Waals surface area contributed by atoms with E-state index in [0.717, 1.165) is 80.8 Å². The fourth-order valence-electron chi connectivity index (χ4n) is 11.2. The number of aliphatic imine (C=N–C) groups is 1. The van der Waals surface area contributed by atoms with Crippen LogP contribution in [0.3, 0.4) is 0 Å². The predicted molar refractivity (Wildman–Crippen MR) is 337 cm³/mol. The van der Waals surface area contributed by atoms with Crippen molar-refractivity contribution in [1.29, 1.82) is 0 Å². The number of ether oxygens (including phenoxy) is 9. The van der Waals surface area contributed by atoms with Crippen molar-refractivity contribution in [3.8, 4) is 57.2 Å². The number of benzene rings is 5. The van der Waals surface area contributed by atoms with Gasteiger partial charge in [0.25, 0.3) is 0 Å². The van der Waals surface area contributed by atoms with Crippen LogP contribution in [0.5, 0.6) is 23.4 Å². The molecule has 8 aromatic rings. The molecule has 0 saturated carbocycles. The van der Waals surface area contributed by atoms with E-state index in [1.165, 1.54) is 22.8 Å². The topological polar surface area (TPSA) is 269 Å². The van der Waals surface area contributed by atoms with E-state index in [1.54, 1.807) is 15.2 Å². The van der Waals surface area contributed by atoms with Gasteiger partial charge >= 0.3 is 32.7 Å². The third-order valence-corrected chi connectivity index (χ3v) is 16.6. The summed E-state index contributed by atoms with van der Waals surface area (Å²) in [6.07, 6.45) is 1.18. The normalized spacial score (nSPS) is 17.8. The summed E-state index contributed by atoms with van der Waals surface area (Å²) in [7, 11) is -5.78. The lowest BCUT2D eigenvalue weighted by molar-refractivity contribution is -0.102. The van der Waals surface area contributed by atoms with Crippen LogP contribution in [-0.2, 0) is 77.4 Å². The van der Waals surface area contributed by atoms with E-state index in [0.29, 0.717) is 108 Å². The minimum Gasteiger partial charge on any atom is -0.475 e. The van der Waals surface area contributed by atoms with Crippen LogP contribution in [0.15, 0.2) is 153 Å². The average molecular weight is 1320 g/mol. The number of nitrogen functional groups attached to an aromatic ring is 1. The molecule has 5 aromatic carbocycles. The zero-order valence-electron chi connectivity index (χ0n) is 49.9. The minimum atomic E-state index is -5.78. The fraction of sp³-hybridized carbons (Fsp3) is 0.338. The number of alkyl halides is 3. The highest BCUT2D eigenvalue weighted by Crippen LogP contribution is 2.37. The Morgan fingerprint density at radius 2 is 0.925 bits per heavy atom. The first-order valence-corrected chi connectivity index (χ1v) is 31.2. The third kappa shape index (κ3) is 15.8. The van der Waals surface area contributed by atoms with Gasteiger partial charge in [0, 0.05) is 71.3 Å². The highest BCUT2D eigenvalue weighted by Gasteiger charge is 2.48. The summed E-state index contributed by atoms with van der Waals surface area (Å²) in [5.74, 6) is 0.214. The summed E-state index contributed by atoms with van der Waals surface area (Å²) < 4.78 is 119. The maximum absolute atomic E-state index is 12.8. The van der Waals surface area contributed by atoms with Crippen molar-refractivity contribution in [1.82, 2.24) is 28.7 Å². The number of fused-ring (bicyclic) bond motifs is 9. The Bertz CT molecular complexity index is 4250. The van der Waals surface area contributed by atoms with Gasteiger partial charge in [-0.05, 0) is 78.4 Å². The first-order valence-electron chi connectivity index (χ1n) is 29.8. The molecule has 9 heterocycles. The summed E-state index contributed by atoms with van der Waals surface area (Å²) in [5.41, 5.74) is 11.2. The highest BCUT2D eigenvalue weighted by molar-refractivity contribution is 7.88. The van der Waals surface area contributed by atoms with Gasteiger partial charge in [0.2, 0.25) is 17.6 Å². The van der Waals surface area contributed by atoms with Crippen LogP contribution in [0.4, 0.5) is 24.5 Å². The van der Waals surface area contributed by atoms with E-state index < -0.39 is 27.1 Å². The molecule has 0 unspecified atom stereocenters. The van der Waals surface area contributed by atoms with E-state index >= 15 is 0 Å². The zero-order valence-corrected chi connectivity index (χ0v) is 51.6. The average Bonchev–Trinajstić information content (AvgIpc) is 0.813. The Kier molecular flexibility index (Phi) is 20.8. The minimum absolute atomic E-state index is 0. The second-order valence-electron chi connectivity index (χ2n) is 21.9. The molecule has 0 bridgehead atoms. The van der Waals surface area contributed by atoms with Crippen LogP contribution in [0, 0.1) is 0 Å². The molecule has 3 fully saturated rings. The third-order valence-electron chi connectivity index (χ3n) is 15.6. The number of aryl methyl sites for hydroxylation is 3. The smallest absolute Gasteiger partial charge is 0.475 e. The van der Waals surface area contributed by atoms with Crippen molar-refractivity contribution in [2.45, 2.75) is 62.7 Å². The molecule has 6 aliphatic heterocycles. The quantitative estimate of drug-likeness (QED) is 0.0488. The largest absolute Gasteiger partial charge is 0.534 e. The zero-order chi connectivity index (χ0) is 63.8. The van der Waals surface area contributed by atoms with Crippen LogP contribution in [0.1, 0.15) is 27.8 Å². The van der Waals surface area contributed by atoms with Crippen LogP contribution < -0.4 is 41.2 Å². The maximum Gasteiger partial charge on any atom is 0.534 e. The van der Waals surface area contributed by atoms with Gasteiger partial charge in [0.15, 0.2) is 0 Å². The molecular weight excluding hydrogens is 1260 g/mol. The molecule has 0 amide bonds. The molecule has 28 heteroatoms. The van der Waals surface area contributed by atoms with Crippen molar-refractivity contribution in [3.05, 3.63) is 193 Å². The molecule has 0 aliphatic carbocycles. The molecule has 2 N–H and O–H groups in total. The summed E-state index contributed by atoms with van der Waals surface area (Å²) in [4.78, 5) is 54.6. The SMILES string of the molecule is Cl.Nc1ccc2c(c1)CCn1c-2cc(OC[C@@H]2COCCO2)nc1=O.O=c1nc(OC[C@@H]2COCCO2)cc2n1CCc1cc(N=C(c3ccccc3)c3ccccc3)ccc1-2.O=c1nc(OC[C@@H]2COCCO2)cc2n1CCc1cc(OS(=O)(=O)C(F)(F)F)ccc1-2. The fourth-order valence-corrected chi connectivity index (χ4v) is 11.6. The summed E-state index contributed by atoms with van der Waals surface area (Å²) in [6, 6.07) is 41.2. The highest BCUT2D eigenvalue weighted by atomic mass is 35.5. The van der Waals surface area contributed by atoms with Crippen molar-refractivity contribution >= 4 is 39.6 Å². The van der Waals surface area contributed by atoms with Crippen LogP contribution >= 0.6 is 12.4 Å². The molecule has 3 aromatic heterocycles. The maximum atomic E-state index is 12.8. The number of rotatable bonds is 14. The van der Waals surface area contributed by atoms with Gasteiger partial charge in [-0.2, -0.15) is 36.5 Å². The van der Waals surface area contributed by atoms with E-state index in [4.69, 9.17) is 53.4 Å². The lowest BCUT2D eigenvalue weighted by Crippen LogP contribution is -2.34. The molecule has 14 rings (SSSR count). The molecule has 3 atom stereocenters. The van der Waals surface area contributed by atoms with E-state index in [2.05, 4.69) is 49.5 Å². The van der Waals surface area contributed by atoms with Gasteiger partial charge in [-0.1, -0.05) is 72.8 Å². The first-order chi connectivity index (χ1) is 44.6. The number of nitrogens with two attached hydrogens (primary N) is 1. The Balaban J connectivity index is 0.000000145. The molecule has 3 saturated heterocycles. The lowest BCUT2D eigenvalue weighted by Gasteiger charge is -2.24. The summed E-state index contributed by atoms with van der Waals surface area (Å²) >= 11 is 0. The standard InChI is InChI=1S/C30H27N3O4.C18H17F3N2O7S.C17H19N3O4.ClH/c34-30-32-28(37-20-25-19-35-15-16-36-25)18-27-26-12-11-24(17-23(26)13-14-33(27)30)31-29(21-7-3-1-4-8-21)22-9-5-2-6-10-22;19-18(20,21)31(25,26)30-12-1-2-14-11(7-12)3-4-23-15(14)8-16(22-17(23)24)29-10-13-9-27-5-6-28-13;18-12-1-2-14-11(7-12)3-4-20-15(14)8-16(19-17(20)21)24-10-13-9-22-5-6-23-13;/h1-12,17-18,25H,13-16,19-20H2;1-2,7-8,13H,3-6,9-10H2;1-2,7-8,13H,3-6,9-10,18H2;1H/t25-;2*13-;/m000./s1. The number of halogens is 4. The lowest BCUT2D eigenvalue weighted by atomic mass is 9.97. The number of aromatic nitrogens is 6. The predicted octanol–water partition coefficient (Wildman–Crippen LogP) is 7.18. The number of hydrogen-bond acceptors (Lipinski definition) is 20. The molecule has 93 heavy (non-hydrogen) atoms. The van der Waals surface area contributed by atoms with Gasteiger partial charge in [0.1, 0.15) is 43.9 Å². The van der Waals surface area contributed by atoms with Gasteiger partial charge in [-0.3, -0.25) is 13.7 Å². The summed E-state index contributed by atoms with van der Waals surface area (Å²) in [6.45, 7) is 6.67.